The van der Waals surface area contributed by atoms with Crippen molar-refractivity contribution in [1.82, 2.24) is 9.97 Å². The summed E-state index contributed by atoms with van der Waals surface area (Å²) in [6.07, 6.45) is 3.67. The van der Waals surface area contributed by atoms with Gasteiger partial charge in [0.2, 0.25) is 0 Å². The number of nitrogens with zero attached hydrogens (tertiary/aromatic N) is 2. The highest BCUT2D eigenvalue weighted by Gasteiger charge is 2.05. The number of hydrogen-bond acceptors (Lipinski definition) is 4. The fourth-order valence-electron chi connectivity index (χ4n) is 0.892. The molecule has 0 aromatic carbocycles. The first-order valence-electron chi connectivity index (χ1n) is 3.26. The molecule has 2 aromatic rings. The molecule has 0 fully saturated rings. The van der Waals surface area contributed by atoms with E-state index in [9.17, 15) is 0 Å². The van der Waals surface area contributed by atoms with Gasteiger partial charge in [-0.3, -0.25) is 0 Å². The molecule has 2 heterocycles. The van der Waals surface area contributed by atoms with Gasteiger partial charge in [0, 0.05) is 6.20 Å². The highest BCUT2D eigenvalue weighted by atomic mass is 35.5. The maximum absolute atomic E-state index is 5.88. The number of hydrogen-bond donors (Lipinski definition) is 0. The van der Waals surface area contributed by atoms with Gasteiger partial charge in [0.15, 0.2) is 4.34 Å². The number of fused-ring (bicyclic) bond motifs is 1. The zero-order valence-electron chi connectivity index (χ0n) is 6.24. The molecule has 2 nitrogen and oxygen atoms in total. The molecule has 0 radical (unpaired) electrons. The van der Waals surface area contributed by atoms with Gasteiger partial charge in [-0.05, 0) is 12.3 Å². The van der Waals surface area contributed by atoms with Gasteiger partial charge in [-0.15, -0.1) is 11.3 Å². The fraction of sp³-hybridized carbons (Fsp3) is 0.143. The van der Waals surface area contributed by atoms with E-state index in [0.29, 0.717) is 5.15 Å². The number of halogens is 1. The molecule has 0 unspecified atom stereocenters. The molecule has 0 saturated heterocycles. The zero-order valence-corrected chi connectivity index (χ0v) is 8.63. The predicted octanol–water partition coefficient (Wildman–Crippen LogP) is 3.07. The maximum Gasteiger partial charge on any atom is 0.150 e. The first kappa shape index (κ1) is 8.29. The van der Waals surface area contributed by atoms with Gasteiger partial charge in [0.05, 0.1) is 10.2 Å². The molecule has 0 bridgehead atoms. The van der Waals surface area contributed by atoms with Crippen molar-refractivity contribution in [2.45, 2.75) is 4.34 Å². The third kappa shape index (κ3) is 1.30. The van der Waals surface area contributed by atoms with E-state index in [1.807, 2.05) is 12.3 Å². The zero-order chi connectivity index (χ0) is 8.55. The Labute approximate surface area is 83.0 Å². The summed E-state index contributed by atoms with van der Waals surface area (Å²) in [5, 5.41) is 0.547. The van der Waals surface area contributed by atoms with Crippen LogP contribution < -0.4 is 0 Å². The van der Waals surface area contributed by atoms with Crippen molar-refractivity contribution in [2.24, 2.45) is 0 Å². The first-order valence-corrected chi connectivity index (χ1v) is 5.68. The van der Waals surface area contributed by atoms with E-state index in [0.717, 1.165) is 14.6 Å². The molecular weight excluding hydrogens is 212 g/mol. The largest absolute Gasteiger partial charge is 0.243 e. The summed E-state index contributed by atoms with van der Waals surface area (Å²) in [6, 6.07) is 1.87. The number of aromatic nitrogens is 2. The Bertz CT molecular complexity index is 413. The van der Waals surface area contributed by atoms with Crippen LogP contribution in [0.3, 0.4) is 0 Å². The van der Waals surface area contributed by atoms with Crippen LogP contribution in [0.4, 0.5) is 0 Å². The Kier molecular flexibility index (Phi) is 2.21. The Morgan fingerprint density at radius 3 is 3.08 bits per heavy atom. The Balaban J connectivity index is 2.74. The average molecular weight is 217 g/mol. The van der Waals surface area contributed by atoms with Gasteiger partial charge < -0.3 is 0 Å². The lowest BCUT2D eigenvalue weighted by atomic mass is 10.4. The lowest BCUT2D eigenvalue weighted by Crippen LogP contribution is -1.72. The molecule has 0 saturated carbocycles. The summed E-state index contributed by atoms with van der Waals surface area (Å²) < 4.78 is 2.00. The van der Waals surface area contributed by atoms with Crippen LogP contribution >= 0.6 is 34.7 Å². The van der Waals surface area contributed by atoms with Crippen molar-refractivity contribution in [1.29, 1.82) is 0 Å². The second-order valence-electron chi connectivity index (χ2n) is 2.13. The molecule has 0 N–H and O–H groups in total. The third-order valence-corrected chi connectivity index (χ3v) is 3.88. The van der Waals surface area contributed by atoms with Crippen molar-refractivity contribution in [3.63, 3.8) is 0 Å². The summed E-state index contributed by atoms with van der Waals surface area (Å²) in [5.41, 5.74) is 0.935. The van der Waals surface area contributed by atoms with Gasteiger partial charge >= 0.3 is 0 Å². The van der Waals surface area contributed by atoms with E-state index in [1.54, 1.807) is 29.3 Å². The monoisotopic (exact) mass is 216 g/mol. The minimum absolute atomic E-state index is 0.547. The Morgan fingerprint density at radius 2 is 2.42 bits per heavy atom. The van der Waals surface area contributed by atoms with Crippen LogP contribution in [0.5, 0.6) is 0 Å². The number of thioether (sulfide) groups is 1. The molecule has 2 aromatic heterocycles. The molecule has 0 amide bonds. The van der Waals surface area contributed by atoms with Gasteiger partial charge in [0.1, 0.15) is 5.15 Å². The SMILES string of the molecule is CSc1nc2ccnc(Cl)c2s1. The Hall–Kier alpha value is -0.320. The van der Waals surface area contributed by atoms with Crippen LogP contribution in [0.25, 0.3) is 10.2 Å². The van der Waals surface area contributed by atoms with Crippen molar-refractivity contribution in [3.8, 4) is 0 Å². The second kappa shape index (κ2) is 3.20. The minimum Gasteiger partial charge on any atom is -0.243 e. The molecule has 12 heavy (non-hydrogen) atoms. The third-order valence-electron chi connectivity index (χ3n) is 1.42. The van der Waals surface area contributed by atoms with Crippen molar-refractivity contribution in [3.05, 3.63) is 17.4 Å². The summed E-state index contributed by atoms with van der Waals surface area (Å²) in [5.74, 6) is 0. The number of rotatable bonds is 1. The van der Waals surface area contributed by atoms with Crippen LogP contribution in [0.1, 0.15) is 0 Å². The maximum atomic E-state index is 5.88. The van der Waals surface area contributed by atoms with Gasteiger partial charge in [-0.25, -0.2) is 9.97 Å². The van der Waals surface area contributed by atoms with Crippen LogP contribution in [-0.2, 0) is 0 Å². The smallest absolute Gasteiger partial charge is 0.150 e. The molecule has 5 heteroatoms. The molecule has 62 valence electrons. The second-order valence-corrected chi connectivity index (χ2v) is 4.54. The number of thiazole rings is 1. The molecule has 0 spiro atoms. The molecule has 2 rings (SSSR count). The topological polar surface area (TPSA) is 25.8 Å². The van der Waals surface area contributed by atoms with Crippen LogP contribution in [0.2, 0.25) is 5.15 Å². The average Bonchev–Trinajstić information content (AvgIpc) is 2.49. The van der Waals surface area contributed by atoms with E-state index < -0.39 is 0 Å². The predicted molar refractivity (Wildman–Crippen MR) is 54.2 cm³/mol. The van der Waals surface area contributed by atoms with Gasteiger partial charge in [0.25, 0.3) is 0 Å². The first-order chi connectivity index (χ1) is 5.81. The highest BCUT2D eigenvalue weighted by Crippen LogP contribution is 2.31. The van der Waals surface area contributed by atoms with Gasteiger partial charge in [-0.1, -0.05) is 23.4 Å². The summed E-state index contributed by atoms with van der Waals surface area (Å²) in [7, 11) is 0. The standard InChI is InChI=1S/C7H5ClN2S2/c1-11-7-10-4-2-3-9-6(8)5(4)12-7/h2-3H,1H3. The molecule has 0 aliphatic carbocycles. The van der Waals surface area contributed by atoms with Crippen molar-refractivity contribution < 1.29 is 0 Å². The molecule has 0 atom stereocenters. The minimum atomic E-state index is 0.547. The Morgan fingerprint density at radius 1 is 1.58 bits per heavy atom. The van der Waals surface area contributed by atoms with Gasteiger partial charge in [-0.2, -0.15) is 0 Å². The number of pyridine rings is 1. The molecule has 0 aliphatic heterocycles. The quantitative estimate of drug-likeness (QED) is 0.541. The van der Waals surface area contributed by atoms with Crippen LogP contribution in [0, 0.1) is 0 Å². The molecule has 0 aliphatic rings. The highest BCUT2D eigenvalue weighted by molar-refractivity contribution is 8.00. The van der Waals surface area contributed by atoms with E-state index in [1.165, 1.54) is 0 Å². The van der Waals surface area contributed by atoms with Crippen molar-refractivity contribution >= 4 is 44.9 Å². The van der Waals surface area contributed by atoms with E-state index in [4.69, 9.17) is 11.6 Å². The lowest BCUT2D eigenvalue weighted by Gasteiger charge is -1.86. The summed E-state index contributed by atoms with van der Waals surface area (Å²) in [4.78, 5) is 8.33. The van der Waals surface area contributed by atoms with Crippen molar-refractivity contribution in [2.75, 3.05) is 6.26 Å². The summed E-state index contributed by atoms with van der Waals surface area (Å²) in [6.45, 7) is 0. The van der Waals surface area contributed by atoms with E-state index in [2.05, 4.69) is 9.97 Å². The lowest BCUT2D eigenvalue weighted by molar-refractivity contribution is 1.29. The van der Waals surface area contributed by atoms with Crippen LogP contribution in [0.15, 0.2) is 16.6 Å². The van der Waals surface area contributed by atoms with E-state index >= 15 is 0 Å². The van der Waals surface area contributed by atoms with Crippen LogP contribution in [-0.4, -0.2) is 16.2 Å². The normalized spacial score (nSPS) is 10.8. The van der Waals surface area contributed by atoms with E-state index in [-0.39, 0.29) is 0 Å². The fourth-order valence-corrected chi connectivity index (χ4v) is 2.61. The summed E-state index contributed by atoms with van der Waals surface area (Å²) >= 11 is 9.08. The molecular formula is C7H5ClN2S2.